The molecule has 5 rings (SSSR count). The number of nitrogens with one attached hydrogen (secondary N) is 2. The van der Waals surface area contributed by atoms with E-state index in [-0.39, 0.29) is 0 Å². The van der Waals surface area contributed by atoms with Gasteiger partial charge in [-0.3, -0.25) is 14.5 Å². The normalized spacial score (nSPS) is 17.1. The number of urea groups is 1. The van der Waals surface area contributed by atoms with Crippen molar-refractivity contribution in [1.82, 2.24) is 20.0 Å². The molecule has 1 atom stereocenters. The number of aromatic nitrogens is 2. The summed E-state index contributed by atoms with van der Waals surface area (Å²) < 4.78 is 1.71. The molecule has 3 aromatic carbocycles. The first-order chi connectivity index (χ1) is 17.8. The number of nitrogens with zero attached hydrogens (tertiary/aromatic N) is 3. The van der Waals surface area contributed by atoms with E-state index in [9.17, 15) is 14.4 Å². The Morgan fingerprint density at radius 1 is 0.946 bits per heavy atom. The molecule has 0 radical (unpaired) electrons. The van der Waals surface area contributed by atoms with E-state index >= 15 is 0 Å². The van der Waals surface area contributed by atoms with Gasteiger partial charge in [-0.15, -0.1) is 0 Å². The molecular formula is C29H27N5O3. The van der Waals surface area contributed by atoms with Crippen LogP contribution in [-0.2, 0) is 21.7 Å². The van der Waals surface area contributed by atoms with Crippen molar-refractivity contribution < 1.29 is 14.4 Å². The molecule has 37 heavy (non-hydrogen) atoms. The number of benzene rings is 3. The second kappa shape index (κ2) is 9.73. The van der Waals surface area contributed by atoms with Crippen molar-refractivity contribution in [2.45, 2.75) is 25.9 Å². The number of carbonyl (C=O) groups excluding carboxylic acids is 3. The van der Waals surface area contributed by atoms with Gasteiger partial charge in [0.2, 0.25) is 5.91 Å². The quantitative estimate of drug-likeness (QED) is 0.375. The monoisotopic (exact) mass is 493 g/mol. The van der Waals surface area contributed by atoms with Gasteiger partial charge in [0.05, 0.1) is 12.2 Å². The van der Waals surface area contributed by atoms with Crippen molar-refractivity contribution in [3.63, 3.8) is 0 Å². The first-order valence-corrected chi connectivity index (χ1v) is 12.0. The van der Waals surface area contributed by atoms with E-state index < -0.39 is 29.9 Å². The third-order valence-corrected chi connectivity index (χ3v) is 6.46. The predicted octanol–water partition coefficient (Wildman–Crippen LogP) is 4.31. The Morgan fingerprint density at radius 3 is 2.35 bits per heavy atom. The number of hydrogen-bond donors (Lipinski definition) is 2. The van der Waals surface area contributed by atoms with Gasteiger partial charge in [0, 0.05) is 11.6 Å². The summed E-state index contributed by atoms with van der Waals surface area (Å²) in [4.78, 5) is 39.9. The maximum atomic E-state index is 13.2. The third-order valence-electron chi connectivity index (χ3n) is 6.46. The first kappa shape index (κ1) is 24.0. The van der Waals surface area contributed by atoms with Crippen LogP contribution in [0.3, 0.4) is 0 Å². The molecule has 8 nitrogen and oxygen atoms in total. The van der Waals surface area contributed by atoms with Gasteiger partial charge >= 0.3 is 6.03 Å². The largest absolute Gasteiger partial charge is 0.325 e. The predicted molar refractivity (Wildman–Crippen MR) is 141 cm³/mol. The van der Waals surface area contributed by atoms with Crippen LogP contribution in [0.15, 0.2) is 91.0 Å². The fraction of sp³-hybridized carbons (Fsp3) is 0.172. The molecule has 2 heterocycles. The Morgan fingerprint density at radius 2 is 1.65 bits per heavy atom. The van der Waals surface area contributed by atoms with E-state index in [1.165, 1.54) is 0 Å². The molecule has 1 aliphatic rings. The molecule has 1 unspecified atom stereocenters. The molecule has 0 saturated carbocycles. The van der Waals surface area contributed by atoms with Crippen molar-refractivity contribution in [2.24, 2.45) is 0 Å². The molecular weight excluding hydrogens is 466 g/mol. The summed E-state index contributed by atoms with van der Waals surface area (Å²) in [5, 5.41) is 10.3. The molecule has 1 saturated heterocycles. The van der Waals surface area contributed by atoms with Gasteiger partial charge in [-0.05, 0) is 31.0 Å². The van der Waals surface area contributed by atoms with E-state index in [2.05, 4.69) is 10.6 Å². The van der Waals surface area contributed by atoms with Gasteiger partial charge in [0.25, 0.3) is 5.91 Å². The lowest BCUT2D eigenvalue weighted by Crippen LogP contribution is -2.42. The topological polar surface area (TPSA) is 96.3 Å². The Hall–Kier alpha value is -4.72. The Kier molecular flexibility index (Phi) is 6.31. The fourth-order valence-corrected chi connectivity index (χ4v) is 4.47. The van der Waals surface area contributed by atoms with Crippen LogP contribution in [0.5, 0.6) is 0 Å². The lowest BCUT2D eigenvalue weighted by molar-refractivity contribution is -0.133. The van der Waals surface area contributed by atoms with E-state index in [4.69, 9.17) is 5.10 Å². The fourth-order valence-electron chi connectivity index (χ4n) is 4.47. The molecule has 1 aromatic heterocycles. The minimum absolute atomic E-state index is 0.413. The highest BCUT2D eigenvalue weighted by Gasteiger charge is 2.49. The van der Waals surface area contributed by atoms with E-state index in [1.54, 1.807) is 41.9 Å². The van der Waals surface area contributed by atoms with E-state index in [0.717, 1.165) is 21.6 Å². The minimum Gasteiger partial charge on any atom is -0.319 e. The first-order valence-electron chi connectivity index (χ1n) is 12.0. The van der Waals surface area contributed by atoms with Crippen molar-refractivity contribution >= 4 is 23.7 Å². The molecule has 0 aliphatic carbocycles. The summed E-state index contributed by atoms with van der Waals surface area (Å²) in [5.41, 5.74) is 3.17. The van der Waals surface area contributed by atoms with Crippen LogP contribution in [0.1, 0.15) is 23.6 Å². The molecule has 2 N–H and O–H groups in total. The molecule has 4 aromatic rings. The second-order valence-electron chi connectivity index (χ2n) is 9.29. The number of rotatable bonds is 7. The average molecular weight is 494 g/mol. The molecule has 8 heteroatoms. The highest BCUT2D eigenvalue weighted by atomic mass is 16.2. The second-order valence-corrected chi connectivity index (χ2v) is 9.29. The summed E-state index contributed by atoms with van der Waals surface area (Å²) in [6, 6.07) is 27.9. The number of anilines is 1. The number of hydrogen-bond acceptors (Lipinski definition) is 4. The van der Waals surface area contributed by atoms with Gasteiger partial charge in [0.1, 0.15) is 17.9 Å². The van der Waals surface area contributed by atoms with Crippen LogP contribution in [0, 0.1) is 6.92 Å². The van der Waals surface area contributed by atoms with Crippen molar-refractivity contribution in [2.75, 3.05) is 11.9 Å². The number of carbonyl (C=O) groups is 3. The average Bonchev–Trinajstić information content (AvgIpc) is 3.38. The van der Waals surface area contributed by atoms with Crippen LogP contribution >= 0.6 is 0 Å². The van der Waals surface area contributed by atoms with Crippen LogP contribution in [0.25, 0.3) is 11.3 Å². The lowest BCUT2D eigenvalue weighted by Gasteiger charge is -2.22. The zero-order valence-electron chi connectivity index (χ0n) is 20.6. The Bertz CT molecular complexity index is 1470. The summed E-state index contributed by atoms with van der Waals surface area (Å²) >= 11 is 0. The highest BCUT2D eigenvalue weighted by molar-refractivity contribution is 6.10. The van der Waals surface area contributed by atoms with Crippen molar-refractivity contribution in [3.8, 4) is 11.3 Å². The SMILES string of the molecule is Cc1cccc(-c2cc(NC(=O)CN3C(=O)NC(C)(c4ccccc4)C3=O)n(Cc3ccccc3)n2)c1. The van der Waals surface area contributed by atoms with Gasteiger partial charge in [0.15, 0.2) is 0 Å². The van der Waals surface area contributed by atoms with Gasteiger partial charge in [-0.2, -0.15) is 5.10 Å². The van der Waals surface area contributed by atoms with Crippen LogP contribution < -0.4 is 10.6 Å². The van der Waals surface area contributed by atoms with Crippen LogP contribution in [-0.4, -0.2) is 39.1 Å². The number of amides is 4. The zero-order valence-corrected chi connectivity index (χ0v) is 20.6. The van der Waals surface area contributed by atoms with Gasteiger partial charge in [-0.1, -0.05) is 84.4 Å². The number of imide groups is 1. The van der Waals surface area contributed by atoms with Gasteiger partial charge < -0.3 is 10.6 Å². The van der Waals surface area contributed by atoms with Crippen molar-refractivity contribution in [1.29, 1.82) is 0 Å². The highest BCUT2D eigenvalue weighted by Crippen LogP contribution is 2.29. The Balaban J connectivity index is 1.38. The standard InChI is InChI=1S/C29H27N5O3/c1-20-10-9-13-22(16-20)24-17-25(34(32-24)18-21-11-5-3-6-12-21)30-26(35)19-33-27(36)29(2,31-28(33)37)23-14-7-4-8-15-23/h3-17H,18-19H2,1-2H3,(H,30,35)(H,31,37). The summed E-state index contributed by atoms with van der Waals surface area (Å²) in [7, 11) is 0. The molecule has 0 bridgehead atoms. The number of aryl methyl sites for hydroxylation is 1. The molecule has 1 aliphatic heterocycles. The summed E-state index contributed by atoms with van der Waals surface area (Å²) in [6.07, 6.45) is 0. The lowest BCUT2D eigenvalue weighted by atomic mass is 9.92. The van der Waals surface area contributed by atoms with E-state index in [1.807, 2.05) is 67.6 Å². The molecule has 4 amide bonds. The van der Waals surface area contributed by atoms with Crippen LogP contribution in [0.4, 0.5) is 10.6 Å². The third kappa shape index (κ3) is 4.86. The maximum Gasteiger partial charge on any atom is 0.325 e. The Labute approximate surface area is 214 Å². The maximum absolute atomic E-state index is 13.2. The zero-order chi connectivity index (χ0) is 26.0. The van der Waals surface area contributed by atoms with Crippen LogP contribution in [0.2, 0.25) is 0 Å². The summed E-state index contributed by atoms with van der Waals surface area (Å²) in [5.74, 6) is -0.494. The van der Waals surface area contributed by atoms with Gasteiger partial charge in [-0.25, -0.2) is 9.48 Å². The van der Waals surface area contributed by atoms with E-state index in [0.29, 0.717) is 23.6 Å². The van der Waals surface area contributed by atoms with Crippen molar-refractivity contribution in [3.05, 3.63) is 108 Å². The smallest absolute Gasteiger partial charge is 0.319 e. The molecule has 1 fully saturated rings. The molecule has 0 spiro atoms. The molecule has 186 valence electrons. The minimum atomic E-state index is -1.23. The summed E-state index contributed by atoms with van der Waals surface area (Å²) in [6.45, 7) is 3.68.